The van der Waals surface area contributed by atoms with Crippen LogP contribution >= 0.6 is 0 Å². The van der Waals surface area contributed by atoms with Gasteiger partial charge in [0.15, 0.2) is 0 Å². The Bertz CT molecular complexity index is 350. The molecule has 0 amide bonds. The normalized spacial score (nSPS) is 10.5. The van der Waals surface area contributed by atoms with Crippen molar-refractivity contribution in [2.75, 3.05) is 20.7 Å². The maximum Gasteiger partial charge on any atom is 0.306 e. The van der Waals surface area contributed by atoms with Gasteiger partial charge in [0.2, 0.25) is 0 Å². The summed E-state index contributed by atoms with van der Waals surface area (Å²) in [6.07, 6.45) is 0.443. The van der Waals surface area contributed by atoms with Crippen LogP contribution in [0.4, 0.5) is 0 Å². The third kappa shape index (κ3) is 4.45. The molecule has 0 aliphatic carbocycles. The third-order valence-electron chi connectivity index (χ3n) is 2.46. The van der Waals surface area contributed by atoms with Gasteiger partial charge in [-0.15, -0.1) is 0 Å². The topological polar surface area (TPSA) is 29.5 Å². The van der Waals surface area contributed by atoms with Crippen molar-refractivity contribution < 1.29 is 9.53 Å². The van der Waals surface area contributed by atoms with Crippen LogP contribution in [0.3, 0.4) is 0 Å². The molecule has 0 aliphatic rings. The molecular formula is C13H19NO2. The maximum absolute atomic E-state index is 11.0. The van der Waals surface area contributed by atoms with Crippen LogP contribution in [0.15, 0.2) is 24.3 Å². The average molecular weight is 221 g/mol. The Morgan fingerprint density at radius 2 is 2.19 bits per heavy atom. The van der Waals surface area contributed by atoms with E-state index < -0.39 is 0 Å². The molecule has 3 nitrogen and oxygen atoms in total. The molecule has 0 spiro atoms. The molecule has 0 saturated carbocycles. The van der Waals surface area contributed by atoms with Crippen LogP contribution in [0, 0.1) is 6.92 Å². The Morgan fingerprint density at radius 1 is 1.44 bits per heavy atom. The number of carbonyl (C=O) groups is 1. The van der Waals surface area contributed by atoms with E-state index in [0.29, 0.717) is 6.42 Å². The fourth-order valence-corrected chi connectivity index (χ4v) is 1.59. The zero-order valence-electron chi connectivity index (χ0n) is 10.2. The molecule has 0 atom stereocenters. The van der Waals surface area contributed by atoms with Gasteiger partial charge in [0.05, 0.1) is 13.5 Å². The van der Waals surface area contributed by atoms with E-state index in [1.165, 1.54) is 18.2 Å². The minimum Gasteiger partial charge on any atom is -0.469 e. The Balaban J connectivity index is 2.39. The van der Waals surface area contributed by atoms with E-state index >= 15 is 0 Å². The number of benzene rings is 1. The molecule has 0 bridgehead atoms. The Labute approximate surface area is 97.0 Å². The maximum atomic E-state index is 11.0. The molecule has 0 radical (unpaired) electrons. The average Bonchev–Trinajstić information content (AvgIpc) is 2.26. The second-order valence-corrected chi connectivity index (χ2v) is 4.05. The highest BCUT2D eigenvalue weighted by molar-refractivity contribution is 5.69. The lowest BCUT2D eigenvalue weighted by atomic mass is 10.1. The zero-order chi connectivity index (χ0) is 12.0. The number of aryl methyl sites for hydroxylation is 1. The number of hydrogen-bond acceptors (Lipinski definition) is 3. The van der Waals surface area contributed by atoms with E-state index in [2.05, 4.69) is 40.8 Å². The van der Waals surface area contributed by atoms with Crippen molar-refractivity contribution in [3.05, 3.63) is 35.4 Å². The predicted molar refractivity (Wildman–Crippen MR) is 64.1 cm³/mol. The number of nitrogens with zero attached hydrogens (tertiary/aromatic N) is 1. The largest absolute Gasteiger partial charge is 0.469 e. The number of carbonyl (C=O) groups excluding carboxylic acids is 1. The molecular weight excluding hydrogens is 202 g/mol. The van der Waals surface area contributed by atoms with Crippen molar-refractivity contribution in [1.82, 2.24) is 4.90 Å². The fourth-order valence-electron chi connectivity index (χ4n) is 1.59. The first-order chi connectivity index (χ1) is 7.61. The van der Waals surface area contributed by atoms with Crippen molar-refractivity contribution >= 4 is 5.97 Å². The summed E-state index contributed by atoms with van der Waals surface area (Å²) in [6, 6.07) is 8.40. The van der Waals surface area contributed by atoms with Gasteiger partial charge in [-0.05, 0) is 19.5 Å². The number of methoxy groups -OCH3 is 1. The van der Waals surface area contributed by atoms with Crippen molar-refractivity contribution in [1.29, 1.82) is 0 Å². The molecule has 1 aromatic carbocycles. The summed E-state index contributed by atoms with van der Waals surface area (Å²) in [4.78, 5) is 13.1. The first-order valence-electron chi connectivity index (χ1n) is 5.42. The minimum atomic E-state index is -0.156. The highest BCUT2D eigenvalue weighted by Crippen LogP contribution is 2.06. The molecule has 0 unspecified atom stereocenters. The van der Waals surface area contributed by atoms with E-state index in [-0.39, 0.29) is 5.97 Å². The SMILES string of the molecule is COC(=O)CCN(C)Cc1cccc(C)c1. The predicted octanol–water partition coefficient (Wildman–Crippen LogP) is 1.99. The van der Waals surface area contributed by atoms with Gasteiger partial charge in [0, 0.05) is 13.1 Å². The van der Waals surface area contributed by atoms with E-state index in [1.54, 1.807) is 0 Å². The van der Waals surface area contributed by atoms with Crippen LogP contribution in [0.5, 0.6) is 0 Å². The number of ether oxygens (including phenoxy) is 1. The summed E-state index contributed by atoms with van der Waals surface area (Å²) in [6.45, 7) is 3.66. The summed E-state index contributed by atoms with van der Waals surface area (Å²) in [7, 11) is 3.42. The zero-order valence-corrected chi connectivity index (χ0v) is 10.2. The quantitative estimate of drug-likeness (QED) is 0.712. The number of rotatable bonds is 5. The standard InChI is InChI=1S/C13H19NO2/c1-11-5-4-6-12(9-11)10-14(2)8-7-13(15)16-3/h4-6,9H,7-8,10H2,1-3H3. The van der Waals surface area contributed by atoms with Crippen LogP contribution < -0.4 is 0 Å². The Kier molecular flexibility index (Phi) is 4.99. The van der Waals surface area contributed by atoms with E-state index in [0.717, 1.165) is 13.1 Å². The van der Waals surface area contributed by atoms with Crippen molar-refractivity contribution in [2.45, 2.75) is 19.9 Å². The minimum absolute atomic E-state index is 0.156. The monoisotopic (exact) mass is 221 g/mol. The number of esters is 1. The summed E-state index contributed by atoms with van der Waals surface area (Å²) < 4.78 is 4.60. The van der Waals surface area contributed by atoms with Crippen LogP contribution in [0.2, 0.25) is 0 Å². The van der Waals surface area contributed by atoms with E-state index in [1.807, 2.05) is 7.05 Å². The number of hydrogen-bond donors (Lipinski definition) is 0. The molecule has 1 rings (SSSR count). The molecule has 88 valence electrons. The van der Waals surface area contributed by atoms with E-state index in [4.69, 9.17) is 0 Å². The van der Waals surface area contributed by atoms with Crippen LogP contribution in [-0.4, -0.2) is 31.6 Å². The smallest absolute Gasteiger partial charge is 0.306 e. The van der Waals surface area contributed by atoms with Crippen LogP contribution in [0.1, 0.15) is 17.5 Å². The highest BCUT2D eigenvalue weighted by atomic mass is 16.5. The van der Waals surface area contributed by atoms with Gasteiger partial charge in [-0.25, -0.2) is 0 Å². The molecule has 0 aliphatic heterocycles. The van der Waals surface area contributed by atoms with Crippen LogP contribution in [0.25, 0.3) is 0 Å². The van der Waals surface area contributed by atoms with Gasteiger partial charge in [-0.3, -0.25) is 4.79 Å². The molecule has 0 aromatic heterocycles. The highest BCUT2D eigenvalue weighted by Gasteiger charge is 2.04. The molecule has 16 heavy (non-hydrogen) atoms. The van der Waals surface area contributed by atoms with Gasteiger partial charge in [0.1, 0.15) is 0 Å². The van der Waals surface area contributed by atoms with Gasteiger partial charge >= 0.3 is 5.97 Å². The van der Waals surface area contributed by atoms with Gasteiger partial charge in [-0.1, -0.05) is 29.8 Å². The summed E-state index contributed by atoms with van der Waals surface area (Å²) in [5.41, 5.74) is 2.53. The third-order valence-corrected chi connectivity index (χ3v) is 2.46. The van der Waals surface area contributed by atoms with Crippen molar-refractivity contribution in [3.8, 4) is 0 Å². The van der Waals surface area contributed by atoms with Crippen molar-refractivity contribution in [2.24, 2.45) is 0 Å². The Morgan fingerprint density at radius 3 is 2.81 bits per heavy atom. The fraction of sp³-hybridized carbons (Fsp3) is 0.462. The van der Waals surface area contributed by atoms with Gasteiger partial charge < -0.3 is 9.64 Å². The second-order valence-electron chi connectivity index (χ2n) is 4.05. The lowest BCUT2D eigenvalue weighted by Gasteiger charge is -2.16. The van der Waals surface area contributed by atoms with Crippen molar-refractivity contribution in [3.63, 3.8) is 0 Å². The first-order valence-corrected chi connectivity index (χ1v) is 5.42. The first kappa shape index (κ1) is 12.7. The Hall–Kier alpha value is -1.35. The van der Waals surface area contributed by atoms with Gasteiger partial charge in [0.25, 0.3) is 0 Å². The molecule has 0 fully saturated rings. The van der Waals surface area contributed by atoms with Gasteiger partial charge in [-0.2, -0.15) is 0 Å². The molecule has 3 heteroatoms. The second kappa shape index (κ2) is 6.28. The molecule has 1 aromatic rings. The summed E-state index contributed by atoms with van der Waals surface area (Å²) in [5, 5.41) is 0. The van der Waals surface area contributed by atoms with Crippen LogP contribution in [-0.2, 0) is 16.1 Å². The molecule has 0 N–H and O–H groups in total. The summed E-state index contributed by atoms with van der Waals surface area (Å²) >= 11 is 0. The molecule has 0 heterocycles. The van der Waals surface area contributed by atoms with E-state index in [9.17, 15) is 4.79 Å². The lowest BCUT2D eigenvalue weighted by Crippen LogP contribution is -2.21. The lowest BCUT2D eigenvalue weighted by molar-refractivity contribution is -0.140. The summed E-state index contributed by atoms with van der Waals surface area (Å²) in [5.74, 6) is -0.156. The molecule has 0 saturated heterocycles.